The van der Waals surface area contributed by atoms with E-state index in [-0.39, 0.29) is 13.2 Å². The first-order valence-corrected chi connectivity index (χ1v) is 5.51. The number of esters is 1. The van der Waals surface area contributed by atoms with Crippen molar-refractivity contribution in [3.05, 3.63) is 23.8 Å². The first-order chi connectivity index (χ1) is 8.45. The van der Waals surface area contributed by atoms with Crippen molar-refractivity contribution < 1.29 is 14.3 Å². The van der Waals surface area contributed by atoms with Crippen molar-refractivity contribution >= 4 is 23.3 Å². The second-order valence-electron chi connectivity index (χ2n) is 3.82. The van der Waals surface area contributed by atoms with Crippen molar-refractivity contribution in [2.45, 2.75) is 6.92 Å². The number of hydrogen-bond acceptors (Lipinski definition) is 5. The fourth-order valence-corrected chi connectivity index (χ4v) is 1.58. The highest BCUT2D eigenvalue weighted by Gasteiger charge is 2.16. The van der Waals surface area contributed by atoms with Gasteiger partial charge in [0.05, 0.1) is 24.4 Å². The molecule has 0 aliphatic heterocycles. The minimum absolute atomic E-state index is 0.0102. The summed E-state index contributed by atoms with van der Waals surface area (Å²) in [5.41, 5.74) is 12.1. The van der Waals surface area contributed by atoms with Crippen molar-refractivity contribution in [3.8, 4) is 0 Å². The fraction of sp³-hybridized carbons (Fsp3) is 0.333. The van der Waals surface area contributed by atoms with Gasteiger partial charge in [-0.05, 0) is 25.1 Å². The lowest BCUT2D eigenvalue weighted by Gasteiger charge is -2.20. The number of rotatable bonds is 5. The Morgan fingerprint density at radius 1 is 1.39 bits per heavy atom. The number of hydrogen-bond donors (Lipinski definition) is 2. The fourth-order valence-electron chi connectivity index (χ4n) is 1.58. The van der Waals surface area contributed by atoms with E-state index in [0.717, 1.165) is 0 Å². The van der Waals surface area contributed by atoms with E-state index in [2.05, 4.69) is 0 Å². The Balaban J connectivity index is 3.10. The van der Waals surface area contributed by atoms with Crippen LogP contribution in [0.25, 0.3) is 0 Å². The standard InChI is InChI=1S/C12H17N3O3/c1-3-18-12(17)9-6-8(13)4-5-10(9)15(2)7-11(14)16/h4-6H,3,7,13H2,1-2H3,(H2,14,16). The average Bonchev–Trinajstić information content (AvgIpc) is 2.28. The van der Waals surface area contributed by atoms with Crippen LogP contribution < -0.4 is 16.4 Å². The highest BCUT2D eigenvalue weighted by molar-refractivity contribution is 5.97. The number of benzene rings is 1. The Hall–Kier alpha value is -2.24. The number of carbonyl (C=O) groups excluding carboxylic acids is 2. The molecule has 1 aromatic rings. The SMILES string of the molecule is CCOC(=O)c1cc(N)ccc1N(C)CC(N)=O. The Morgan fingerprint density at radius 2 is 2.06 bits per heavy atom. The quantitative estimate of drug-likeness (QED) is 0.581. The van der Waals surface area contributed by atoms with Crippen molar-refractivity contribution in [2.24, 2.45) is 5.73 Å². The average molecular weight is 251 g/mol. The van der Waals surface area contributed by atoms with Crippen LogP contribution in [0.5, 0.6) is 0 Å². The second kappa shape index (κ2) is 5.90. The second-order valence-corrected chi connectivity index (χ2v) is 3.82. The van der Waals surface area contributed by atoms with E-state index in [1.807, 2.05) is 0 Å². The smallest absolute Gasteiger partial charge is 0.340 e. The highest BCUT2D eigenvalue weighted by Crippen LogP contribution is 2.23. The van der Waals surface area contributed by atoms with Gasteiger partial charge in [-0.3, -0.25) is 4.79 Å². The number of carbonyl (C=O) groups is 2. The minimum Gasteiger partial charge on any atom is -0.462 e. The van der Waals surface area contributed by atoms with Gasteiger partial charge in [-0.15, -0.1) is 0 Å². The van der Waals surface area contributed by atoms with Crippen molar-refractivity contribution in [1.29, 1.82) is 0 Å². The van der Waals surface area contributed by atoms with Crippen LogP contribution >= 0.6 is 0 Å². The maximum atomic E-state index is 11.8. The Kier molecular flexibility index (Phi) is 4.53. The van der Waals surface area contributed by atoms with Crippen LogP contribution in [0.4, 0.5) is 11.4 Å². The number of anilines is 2. The van der Waals surface area contributed by atoms with Crippen LogP contribution in [0.15, 0.2) is 18.2 Å². The lowest BCUT2D eigenvalue weighted by Crippen LogP contribution is -2.31. The number of amides is 1. The molecule has 0 bridgehead atoms. The van der Waals surface area contributed by atoms with Gasteiger partial charge in [0.15, 0.2) is 0 Å². The summed E-state index contributed by atoms with van der Waals surface area (Å²) in [6, 6.07) is 4.82. The molecular weight excluding hydrogens is 234 g/mol. The Bertz CT molecular complexity index is 460. The largest absolute Gasteiger partial charge is 0.462 e. The number of likely N-dealkylation sites (N-methyl/N-ethyl adjacent to an activating group) is 1. The van der Waals surface area contributed by atoms with Gasteiger partial charge < -0.3 is 21.1 Å². The molecule has 0 aliphatic carbocycles. The van der Waals surface area contributed by atoms with Gasteiger partial charge in [-0.25, -0.2) is 4.79 Å². The molecule has 18 heavy (non-hydrogen) atoms. The predicted octanol–water partition coefficient (Wildman–Crippen LogP) is 0.367. The molecule has 4 N–H and O–H groups in total. The van der Waals surface area contributed by atoms with Gasteiger partial charge in [-0.1, -0.05) is 0 Å². The third-order valence-corrected chi connectivity index (χ3v) is 2.32. The molecular formula is C12H17N3O3. The van der Waals surface area contributed by atoms with Crippen molar-refractivity contribution in [3.63, 3.8) is 0 Å². The number of nitrogens with zero attached hydrogens (tertiary/aromatic N) is 1. The molecule has 0 heterocycles. The summed E-state index contributed by atoms with van der Waals surface area (Å²) in [7, 11) is 1.67. The van der Waals surface area contributed by atoms with E-state index in [9.17, 15) is 9.59 Å². The summed E-state index contributed by atoms with van der Waals surface area (Å²) in [6.45, 7) is 2.00. The number of nitrogens with two attached hydrogens (primary N) is 2. The number of primary amides is 1. The summed E-state index contributed by atoms with van der Waals surface area (Å²) in [4.78, 5) is 24.3. The molecule has 0 aliphatic rings. The van der Waals surface area contributed by atoms with Gasteiger partial charge in [0, 0.05) is 12.7 Å². The summed E-state index contributed by atoms with van der Waals surface area (Å²) >= 11 is 0. The third kappa shape index (κ3) is 3.38. The van der Waals surface area contributed by atoms with E-state index in [4.69, 9.17) is 16.2 Å². The van der Waals surface area contributed by atoms with Crippen LogP contribution in [-0.4, -0.2) is 32.1 Å². The zero-order valence-corrected chi connectivity index (χ0v) is 10.5. The summed E-state index contributed by atoms with van der Waals surface area (Å²) in [6.07, 6.45) is 0. The van der Waals surface area contributed by atoms with Gasteiger partial charge >= 0.3 is 5.97 Å². The molecule has 1 amide bonds. The first-order valence-electron chi connectivity index (χ1n) is 5.51. The van der Waals surface area contributed by atoms with Gasteiger partial charge in [-0.2, -0.15) is 0 Å². The van der Waals surface area contributed by atoms with Gasteiger partial charge in [0.1, 0.15) is 0 Å². The lowest BCUT2D eigenvalue weighted by molar-refractivity contribution is -0.116. The Labute approximate surface area is 105 Å². The Morgan fingerprint density at radius 3 is 2.61 bits per heavy atom. The summed E-state index contributed by atoms with van der Waals surface area (Å²) < 4.78 is 4.94. The van der Waals surface area contributed by atoms with Gasteiger partial charge in [0.25, 0.3) is 0 Å². The van der Waals surface area contributed by atoms with Crippen LogP contribution in [0, 0.1) is 0 Å². The molecule has 0 saturated carbocycles. The maximum absolute atomic E-state index is 11.8. The van der Waals surface area contributed by atoms with Gasteiger partial charge in [0.2, 0.25) is 5.91 Å². The topological polar surface area (TPSA) is 98.7 Å². The molecule has 0 unspecified atom stereocenters. The molecule has 0 spiro atoms. The maximum Gasteiger partial charge on any atom is 0.340 e. The van der Waals surface area contributed by atoms with E-state index in [1.165, 1.54) is 6.07 Å². The summed E-state index contributed by atoms with van der Waals surface area (Å²) in [5, 5.41) is 0. The molecule has 0 saturated heterocycles. The van der Waals surface area contributed by atoms with E-state index in [1.54, 1.807) is 31.0 Å². The monoisotopic (exact) mass is 251 g/mol. The normalized spacial score (nSPS) is 9.89. The number of nitrogen functional groups attached to an aromatic ring is 1. The molecule has 1 aromatic carbocycles. The van der Waals surface area contributed by atoms with Crippen molar-refractivity contribution in [1.82, 2.24) is 0 Å². The minimum atomic E-state index is -0.482. The summed E-state index contributed by atoms with van der Waals surface area (Å²) in [5.74, 6) is -0.958. The predicted molar refractivity (Wildman–Crippen MR) is 69.3 cm³/mol. The zero-order valence-electron chi connectivity index (χ0n) is 10.5. The molecule has 0 aromatic heterocycles. The molecule has 6 nitrogen and oxygen atoms in total. The van der Waals surface area contributed by atoms with Crippen LogP contribution in [0.1, 0.15) is 17.3 Å². The third-order valence-electron chi connectivity index (χ3n) is 2.32. The van der Waals surface area contributed by atoms with E-state index < -0.39 is 11.9 Å². The zero-order chi connectivity index (χ0) is 13.7. The van der Waals surface area contributed by atoms with Crippen LogP contribution in [0.2, 0.25) is 0 Å². The molecule has 98 valence electrons. The molecule has 0 radical (unpaired) electrons. The molecule has 6 heteroatoms. The van der Waals surface area contributed by atoms with Crippen LogP contribution in [0.3, 0.4) is 0 Å². The molecule has 0 fully saturated rings. The van der Waals surface area contributed by atoms with E-state index in [0.29, 0.717) is 16.9 Å². The van der Waals surface area contributed by atoms with E-state index >= 15 is 0 Å². The highest BCUT2D eigenvalue weighted by atomic mass is 16.5. The number of ether oxygens (including phenoxy) is 1. The molecule has 1 rings (SSSR count). The van der Waals surface area contributed by atoms with Crippen LogP contribution in [-0.2, 0) is 9.53 Å². The lowest BCUT2D eigenvalue weighted by atomic mass is 10.1. The van der Waals surface area contributed by atoms with Crippen molar-refractivity contribution in [2.75, 3.05) is 30.8 Å². The molecule has 0 atom stereocenters. The first kappa shape index (κ1) is 13.8.